The minimum atomic E-state index is -0.749. The molecule has 0 aliphatic rings. The van der Waals surface area contributed by atoms with Gasteiger partial charge in [-0.1, -0.05) is 84.9 Å². The predicted octanol–water partition coefficient (Wildman–Crippen LogP) is 5.83. The average molecular weight is 429 g/mol. The van der Waals surface area contributed by atoms with Crippen LogP contribution in [-0.2, 0) is 0 Å². The molecule has 3 rings (SSSR count). The first-order valence-corrected chi connectivity index (χ1v) is 16.7. The predicted molar refractivity (Wildman–Crippen MR) is 139 cm³/mol. The van der Waals surface area contributed by atoms with Gasteiger partial charge in [-0.25, -0.2) is 20.1 Å². The first kappa shape index (κ1) is 21.5. The fourth-order valence-corrected chi connectivity index (χ4v) is 15.6. The van der Waals surface area contributed by atoms with Crippen LogP contribution in [0.15, 0.2) is 84.9 Å². The highest BCUT2D eigenvalue weighted by molar-refractivity contribution is 8.47. The van der Waals surface area contributed by atoms with Crippen LogP contribution in [0.1, 0.15) is 10.1 Å². The van der Waals surface area contributed by atoms with Crippen molar-refractivity contribution in [3.63, 3.8) is 0 Å². The number of rotatable bonds is 6. The number of hydrogen-bond acceptors (Lipinski definition) is 0. The van der Waals surface area contributed by atoms with Crippen molar-refractivity contribution in [1.82, 2.24) is 0 Å². The van der Waals surface area contributed by atoms with E-state index in [0.29, 0.717) is 4.58 Å². The highest BCUT2D eigenvalue weighted by Crippen LogP contribution is 2.68. The zero-order chi connectivity index (χ0) is 20.4. The molecule has 0 spiro atoms. The summed E-state index contributed by atoms with van der Waals surface area (Å²) in [6.07, 6.45) is 14.9. The van der Waals surface area contributed by atoms with E-state index in [9.17, 15) is 0 Å². The quantitative estimate of drug-likeness (QED) is 0.433. The standard InChI is InChI=1S/C25H33PS2/c1-27(2,3)25(28(4,5)6)23-19-13-14-20-24(23)26(21-15-9-7-10-16-21)22-17-11-8-12-18-22/h7-20,25H,1-6H3. The molecule has 3 aromatic carbocycles. The van der Waals surface area contributed by atoms with E-state index in [1.807, 2.05) is 0 Å². The summed E-state index contributed by atoms with van der Waals surface area (Å²) in [6.45, 7) is 0. The van der Waals surface area contributed by atoms with Crippen molar-refractivity contribution in [3.05, 3.63) is 90.5 Å². The summed E-state index contributed by atoms with van der Waals surface area (Å²) in [5, 5.41) is 4.40. The van der Waals surface area contributed by atoms with Crippen molar-refractivity contribution in [2.24, 2.45) is 0 Å². The van der Waals surface area contributed by atoms with Gasteiger partial charge >= 0.3 is 0 Å². The number of benzene rings is 3. The van der Waals surface area contributed by atoms with Crippen molar-refractivity contribution >= 4 is 43.9 Å². The Morgan fingerprint density at radius 3 is 1.36 bits per heavy atom. The fraction of sp³-hybridized carbons (Fsp3) is 0.280. The van der Waals surface area contributed by atoms with Gasteiger partial charge in [0, 0.05) is 4.58 Å². The van der Waals surface area contributed by atoms with E-state index in [-0.39, 0.29) is 0 Å². The zero-order valence-electron chi connectivity index (χ0n) is 17.9. The van der Waals surface area contributed by atoms with Crippen LogP contribution in [0.25, 0.3) is 0 Å². The van der Waals surface area contributed by atoms with Gasteiger partial charge in [-0.3, -0.25) is 0 Å². The topological polar surface area (TPSA) is 0 Å². The molecule has 28 heavy (non-hydrogen) atoms. The Hall–Kier alpha value is -1.21. The van der Waals surface area contributed by atoms with Gasteiger partial charge < -0.3 is 0 Å². The molecule has 0 aromatic heterocycles. The second-order valence-corrected chi connectivity index (χ2v) is 19.9. The molecular weight excluding hydrogens is 395 g/mol. The van der Waals surface area contributed by atoms with Crippen molar-refractivity contribution in [3.8, 4) is 0 Å². The fourth-order valence-electron chi connectivity index (χ4n) is 4.10. The molecule has 3 aromatic rings. The average Bonchev–Trinajstić information content (AvgIpc) is 2.63. The maximum atomic E-state index is 2.49. The summed E-state index contributed by atoms with van der Waals surface area (Å²) in [6, 6.07) is 31.4. The maximum absolute atomic E-state index is 2.49. The van der Waals surface area contributed by atoms with Crippen molar-refractivity contribution in [1.29, 1.82) is 0 Å². The molecule has 0 unspecified atom stereocenters. The third kappa shape index (κ3) is 4.85. The monoisotopic (exact) mass is 428 g/mol. The van der Waals surface area contributed by atoms with Gasteiger partial charge in [-0.05, 0) is 66.9 Å². The molecule has 0 saturated heterocycles. The molecule has 0 aliphatic carbocycles. The van der Waals surface area contributed by atoms with Crippen LogP contribution in [0.2, 0.25) is 0 Å². The first-order valence-electron chi connectivity index (χ1n) is 9.53. The van der Waals surface area contributed by atoms with E-state index in [1.165, 1.54) is 15.9 Å². The van der Waals surface area contributed by atoms with Crippen LogP contribution >= 0.6 is 28.0 Å². The van der Waals surface area contributed by atoms with Crippen LogP contribution in [0.3, 0.4) is 0 Å². The lowest BCUT2D eigenvalue weighted by molar-refractivity contribution is 1.36. The summed E-state index contributed by atoms with van der Waals surface area (Å²) >= 11 is 0. The van der Waals surface area contributed by atoms with Gasteiger partial charge in [0.25, 0.3) is 0 Å². The molecule has 3 heteroatoms. The van der Waals surface area contributed by atoms with Crippen molar-refractivity contribution < 1.29 is 0 Å². The highest BCUT2D eigenvalue weighted by Gasteiger charge is 2.33. The van der Waals surface area contributed by atoms with Gasteiger partial charge in [0.1, 0.15) is 0 Å². The Bertz CT molecular complexity index is 840. The van der Waals surface area contributed by atoms with Crippen molar-refractivity contribution in [2.45, 2.75) is 4.58 Å². The normalized spacial score (nSPS) is 13.7. The SMILES string of the molecule is CS(C)(C)C(c1ccccc1P(c1ccccc1)c1ccccc1)S(C)(C)C. The molecule has 0 saturated carbocycles. The Morgan fingerprint density at radius 2 is 0.929 bits per heavy atom. The Balaban J connectivity index is 2.26. The summed E-state index contributed by atoms with van der Waals surface area (Å²) < 4.78 is 0.633. The molecular formula is C25H33PS2. The smallest absolute Gasteiger partial charge is 0.0439 e. The van der Waals surface area contributed by atoms with Crippen LogP contribution in [-0.4, -0.2) is 37.5 Å². The molecule has 0 nitrogen and oxygen atoms in total. The number of hydrogen-bond donors (Lipinski definition) is 0. The highest BCUT2D eigenvalue weighted by atomic mass is 32.3. The summed E-state index contributed by atoms with van der Waals surface area (Å²) in [5.41, 5.74) is 1.58. The largest absolute Gasteiger partial charge is 0.235 e. The third-order valence-corrected chi connectivity index (χ3v) is 13.8. The third-order valence-electron chi connectivity index (χ3n) is 4.74. The van der Waals surface area contributed by atoms with Crippen LogP contribution in [0.4, 0.5) is 0 Å². The Kier molecular flexibility index (Phi) is 6.65. The molecule has 0 aliphatic heterocycles. The van der Waals surface area contributed by atoms with E-state index < -0.39 is 28.0 Å². The van der Waals surface area contributed by atoms with Crippen LogP contribution in [0, 0.1) is 0 Å². The lowest BCUT2D eigenvalue weighted by Crippen LogP contribution is -2.27. The molecule has 0 N–H and O–H groups in total. The van der Waals surface area contributed by atoms with Gasteiger partial charge in [0.05, 0.1) is 0 Å². The van der Waals surface area contributed by atoms with Crippen LogP contribution < -0.4 is 15.9 Å². The van der Waals surface area contributed by atoms with Gasteiger partial charge in [0.15, 0.2) is 0 Å². The van der Waals surface area contributed by atoms with E-state index in [0.717, 1.165) is 0 Å². The second-order valence-electron chi connectivity index (χ2n) is 8.76. The van der Waals surface area contributed by atoms with E-state index in [1.54, 1.807) is 5.56 Å². The molecule has 0 amide bonds. The summed E-state index contributed by atoms with van der Waals surface area (Å²) in [7, 11) is -2.06. The van der Waals surface area contributed by atoms with E-state index in [2.05, 4.69) is 122 Å². The molecule has 150 valence electrons. The minimum absolute atomic E-state index is 0.567. The second kappa shape index (κ2) is 8.66. The summed E-state index contributed by atoms with van der Waals surface area (Å²) in [5.74, 6) is 0. The lowest BCUT2D eigenvalue weighted by atomic mass is 10.2. The molecule has 0 bridgehead atoms. The zero-order valence-corrected chi connectivity index (χ0v) is 20.5. The van der Waals surface area contributed by atoms with E-state index >= 15 is 0 Å². The Morgan fingerprint density at radius 1 is 0.536 bits per heavy atom. The Labute approximate surface area is 176 Å². The lowest BCUT2D eigenvalue weighted by Gasteiger charge is -2.49. The molecule has 0 atom stereocenters. The molecule has 0 fully saturated rings. The first-order chi connectivity index (χ1) is 13.2. The maximum Gasteiger partial charge on any atom is 0.0439 e. The van der Waals surface area contributed by atoms with Gasteiger partial charge in [-0.2, -0.15) is 0 Å². The molecule has 0 radical (unpaired) electrons. The van der Waals surface area contributed by atoms with Gasteiger partial charge in [0.2, 0.25) is 0 Å². The van der Waals surface area contributed by atoms with Crippen molar-refractivity contribution in [2.75, 3.05) is 37.5 Å². The van der Waals surface area contributed by atoms with Crippen LogP contribution in [0.5, 0.6) is 0 Å². The van der Waals surface area contributed by atoms with E-state index in [4.69, 9.17) is 0 Å². The van der Waals surface area contributed by atoms with Gasteiger partial charge in [-0.15, -0.1) is 0 Å². The molecule has 0 heterocycles. The minimum Gasteiger partial charge on any atom is -0.235 e. The summed E-state index contributed by atoms with van der Waals surface area (Å²) in [4.78, 5) is 0.